The molecule has 0 radical (unpaired) electrons. The number of carbonyl (C=O) groups excluding carboxylic acids is 2. The molecule has 2 amide bonds. The Bertz CT molecular complexity index is 1250. The molecule has 2 heterocycles. The van der Waals surface area contributed by atoms with E-state index in [4.69, 9.17) is 9.47 Å². The van der Waals surface area contributed by atoms with Crippen molar-refractivity contribution in [2.45, 2.75) is 19.4 Å². The fraction of sp³-hybridized carbons (Fsp3) is 0.310. The first kappa shape index (κ1) is 23.7. The van der Waals surface area contributed by atoms with E-state index in [1.807, 2.05) is 28.0 Å². The third-order valence-electron chi connectivity index (χ3n) is 7.02. The van der Waals surface area contributed by atoms with Gasteiger partial charge in [-0.2, -0.15) is 0 Å². The number of anilines is 2. The van der Waals surface area contributed by atoms with E-state index < -0.39 is 0 Å². The van der Waals surface area contributed by atoms with E-state index in [0.29, 0.717) is 43.1 Å². The van der Waals surface area contributed by atoms with Gasteiger partial charge in [0.1, 0.15) is 11.5 Å². The molecule has 0 aliphatic carbocycles. The molecule has 36 heavy (non-hydrogen) atoms. The number of piperazine rings is 1. The van der Waals surface area contributed by atoms with E-state index in [2.05, 4.69) is 35.2 Å². The highest BCUT2D eigenvalue weighted by Crippen LogP contribution is 2.33. The zero-order chi connectivity index (χ0) is 25.1. The molecule has 0 N–H and O–H groups in total. The van der Waals surface area contributed by atoms with Crippen molar-refractivity contribution >= 4 is 23.2 Å². The molecule has 0 unspecified atom stereocenters. The first-order valence-corrected chi connectivity index (χ1v) is 12.3. The fourth-order valence-corrected chi connectivity index (χ4v) is 5.00. The van der Waals surface area contributed by atoms with Crippen molar-refractivity contribution in [1.82, 2.24) is 4.90 Å². The normalized spacial score (nSPS) is 15.5. The van der Waals surface area contributed by atoms with Gasteiger partial charge < -0.3 is 24.2 Å². The number of ether oxygens (including phenoxy) is 2. The molecule has 7 heteroatoms. The molecule has 3 aromatic carbocycles. The Morgan fingerprint density at radius 3 is 2.36 bits per heavy atom. The molecular weight excluding hydrogens is 454 g/mol. The molecule has 5 rings (SSSR count). The Morgan fingerprint density at radius 1 is 0.861 bits per heavy atom. The lowest BCUT2D eigenvalue weighted by molar-refractivity contribution is -0.119. The quantitative estimate of drug-likeness (QED) is 0.525. The molecule has 2 aliphatic rings. The van der Waals surface area contributed by atoms with Crippen LogP contribution in [-0.4, -0.2) is 57.1 Å². The summed E-state index contributed by atoms with van der Waals surface area (Å²) in [6.45, 7) is 3.33. The summed E-state index contributed by atoms with van der Waals surface area (Å²) in [5.74, 6) is 1.31. The minimum Gasteiger partial charge on any atom is -0.497 e. The number of aryl methyl sites for hydroxylation is 1. The molecule has 1 saturated heterocycles. The molecule has 3 aromatic rings. The molecule has 0 aromatic heterocycles. The number of methoxy groups -OCH3 is 2. The van der Waals surface area contributed by atoms with Crippen LogP contribution >= 0.6 is 0 Å². The molecular formula is C29H31N3O4. The topological polar surface area (TPSA) is 62.3 Å². The lowest BCUT2D eigenvalue weighted by Crippen LogP contribution is -2.49. The van der Waals surface area contributed by atoms with E-state index in [1.54, 1.807) is 32.4 Å². The fourth-order valence-electron chi connectivity index (χ4n) is 5.00. The lowest BCUT2D eigenvalue weighted by atomic mass is 9.99. The van der Waals surface area contributed by atoms with Crippen molar-refractivity contribution < 1.29 is 19.1 Å². The first-order chi connectivity index (χ1) is 17.6. The number of nitrogens with zero attached hydrogens (tertiary/aromatic N) is 3. The average Bonchev–Trinajstić information content (AvgIpc) is 2.94. The lowest BCUT2D eigenvalue weighted by Gasteiger charge is -2.37. The van der Waals surface area contributed by atoms with Crippen molar-refractivity contribution in [2.24, 2.45) is 0 Å². The van der Waals surface area contributed by atoms with E-state index in [-0.39, 0.29) is 11.8 Å². The maximum atomic E-state index is 13.2. The van der Waals surface area contributed by atoms with Crippen LogP contribution in [0, 0.1) is 0 Å². The van der Waals surface area contributed by atoms with Gasteiger partial charge >= 0.3 is 0 Å². The molecule has 0 atom stereocenters. The van der Waals surface area contributed by atoms with Crippen molar-refractivity contribution in [3.8, 4) is 11.5 Å². The molecule has 7 nitrogen and oxygen atoms in total. The second kappa shape index (κ2) is 10.3. The van der Waals surface area contributed by atoms with Crippen LogP contribution in [0.25, 0.3) is 0 Å². The molecule has 1 fully saturated rings. The number of benzene rings is 3. The average molecular weight is 486 g/mol. The molecule has 0 bridgehead atoms. The summed E-state index contributed by atoms with van der Waals surface area (Å²) in [7, 11) is 3.16. The van der Waals surface area contributed by atoms with Crippen LogP contribution in [0.3, 0.4) is 0 Å². The van der Waals surface area contributed by atoms with Crippen molar-refractivity contribution in [3.05, 3.63) is 83.4 Å². The Hall–Kier alpha value is -4.00. The summed E-state index contributed by atoms with van der Waals surface area (Å²) in [5.41, 5.74) is 5.00. The highest BCUT2D eigenvalue weighted by Gasteiger charge is 2.27. The van der Waals surface area contributed by atoms with Gasteiger partial charge in [0.15, 0.2) is 0 Å². The SMILES string of the molecule is COc1ccc(C(=O)N2CCN(c3ccc4c(c3)CCC(=O)N4Cc3ccccc3)CC2)c(OC)c1. The third-order valence-corrected chi connectivity index (χ3v) is 7.02. The standard InChI is InChI=1S/C29H31N3O4/c1-35-24-10-11-25(27(19-24)36-2)29(34)31-16-14-30(15-17-31)23-9-12-26-22(18-23)8-13-28(33)32(26)20-21-6-4-3-5-7-21/h3-7,9-12,18-19H,8,13-17,20H2,1-2H3. The maximum absolute atomic E-state index is 13.2. The number of hydrogen-bond donors (Lipinski definition) is 0. The summed E-state index contributed by atoms with van der Waals surface area (Å²) < 4.78 is 10.7. The number of rotatable bonds is 6. The zero-order valence-corrected chi connectivity index (χ0v) is 20.8. The third kappa shape index (κ3) is 4.73. The largest absolute Gasteiger partial charge is 0.497 e. The van der Waals surface area contributed by atoms with Gasteiger partial charge in [-0.15, -0.1) is 0 Å². The predicted molar refractivity (Wildman–Crippen MR) is 140 cm³/mol. The summed E-state index contributed by atoms with van der Waals surface area (Å²) in [6, 6.07) is 21.8. The van der Waals surface area contributed by atoms with Crippen LogP contribution in [0.2, 0.25) is 0 Å². The van der Waals surface area contributed by atoms with Crippen LogP contribution < -0.4 is 19.3 Å². The number of amides is 2. The first-order valence-electron chi connectivity index (χ1n) is 12.3. The van der Waals surface area contributed by atoms with Gasteiger partial charge in [-0.25, -0.2) is 0 Å². The van der Waals surface area contributed by atoms with Gasteiger partial charge in [0.2, 0.25) is 5.91 Å². The van der Waals surface area contributed by atoms with Gasteiger partial charge in [-0.1, -0.05) is 30.3 Å². The van der Waals surface area contributed by atoms with E-state index in [9.17, 15) is 9.59 Å². The Labute approximate surface area is 211 Å². The van der Waals surface area contributed by atoms with Crippen molar-refractivity contribution in [1.29, 1.82) is 0 Å². The highest BCUT2D eigenvalue weighted by molar-refractivity contribution is 5.98. The van der Waals surface area contributed by atoms with Gasteiger partial charge in [0.05, 0.1) is 26.3 Å². The highest BCUT2D eigenvalue weighted by atomic mass is 16.5. The minimum absolute atomic E-state index is 0.0327. The van der Waals surface area contributed by atoms with Crippen molar-refractivity contribution in [3.63, 3.8) is 0 Å². The van der Waals surface area contributed by atoms with Crippen LogP contribution in [0.1, 0.15) is 27.9 Å². The summed E-state index contributed by atoms with van der Waals surface area (Å²) >= 11 is 0. The second-order valence-corrected chi connectivity index (χ2v) is 9.12. The summed E-state index contributed by atoms with van der Waals surface area (Å²) in [4.78, 5) is 32.0. The zero-order valence-electron chi connectivity index (χ0n) is 20.8. The van der Waals surface area contributed by atoms with E-state index in [0.717, 1.165) is 36.4 Å². The minimum atomic E-state index is -0.0327. The molecule has 0 spiro atoms. The predicted octanol–water partition coefficient (Wildman–Crippen LogP) is 4.15. The van der Waals surface area contributed by atoms with Gasteiger partial charge in [0, 0.05) is 50.0 Å². The number of fused-ring (bicyclic) bond motifs is 1. The maximum Gasteiger partial charge on any atom is 0.257 e. The second-order valence-electron chi connectivity index (χ2n) is 9.12. The van der Waals surface area contributed by atoms with E-state index >= 15 is 0 Å². The van der Waals surface area contributed by atoms with Crippen LogP contribution in [0.5, 0.6) is 11.5 Å². The number of carbonyl (C=O) groups is 2. The Morgan fingerprint density at radius 2 is 1.64 bits per heavy atom. The van der Waals surface area contributed by atoms with Crippen LogP contribution in [0.15, 0.2) is 66.7 Å². The van der Waals surface area contributed by atoms with E-state index in [1.165, 1.54) is 5.56 Å². The van der Waals surface area contributed by atoms with Crippen molar-refractivity contribution in [2.75, 3.05) is 50.2 Å². The smallest absolute Gasteiger partial charge is 0.257 e. The monoisotopic (exact) mass is 485 g/mol. The molecule has 186 valence electrons. The van der Waals surface area contributed by atoms with Crippen LogP contribution in [-0.2, 0) is 17.8 Å². The van der Waals surface area contributed by atoms with Crippen LogP contribution in [0.4, 0.5) is 11.4 Å². The van der Waals surface area contributed by atoms with Gasteiger partial charge in [-0.3, -0.25) is 9.59 Å². The van der Waals surface area contributed by atoms with Gasteiger partial charge in [-0.05, 0) is 47.9 Å². The Kier molecular flexibility index (Phi) is 6.80. The summed E-state index contributed by atoms with van der Waals surface area (Å²) in [6.07, 6.45) is 1.28. The summed E-state index contributed by atoms with van der Waals surface area (Å²) in [5, 5.41) is 0. The molecule has 0 saturated carbocycles. The van der Waals surface area contributed by atoms with Gasteiger partial charge in [0.25, 0.3) is 5.91 Å². The number of hydrogen-bond acceptors (Lipinski definition) is 5. The Balaban J connectivity index is 1.27. The molecule has 2 aliphatic heterocycles.